The predicted octanol–water partition coefficient (Wildman–Crippen LogP) is 2.41. The van der Waals surface area contributed by atoms with Gasteiger partial charge >= 0.3 is 0 Å². The van der Waals surface area contributed by atoms with E-state index in [1.165, 1.54) is 38.5 Å². The molecule has 0 saturated carbocycles. The molecule has 0 aliphatic carbocycles. The highest BCUT2D eigenvalue weighted by Crippen LogP contribution is 2.28. The number of carbonyl (C=O) groups excluding carboxylic acids is 2. The van der Waals surface area contributed by atoms with Crippen LogP contribution < -0.4 is 10.8 Å². The van der Waals surface area contributed by atoms with Crippen LogP contribution in [0.25, 0.3) is 0 Å². The molecule has 0 aliphatic heterocycles. The number of rotatable bonds is 16. The standard InChI is InChI=1S/C20H40N2O3/c1-5-6-7-8-9-10-11-12-13-15-18(23)20(19(24)25,16-14-17-21)22(2,3)4/h5-17,21H2,1-4H3. The van der Waals surface area contributed by atoms with Crippen molar-refractivity contribution in [2.75, 3.05) is 27.7 Å². The minimum absolute atomic E-state index is 0.0472. The van der Waals surface area contributed by atoms with E-state index in [1.807, 2.05) is 0 Å². The number of nitrogens with zero attached hydrogens (tertiary/aromatic N) is 1. The third-order valence-corrected chi connectivity index (χ3v) is 5.19. The van der Waals surface area contributed by atoms with Gasteiger partial charge in [-0.05, 0) is 19.4 Å². The fourth-order valence-electron chi connectivity index (χ4n) is 3.50. The Morgan fingerprint density at radius 2 is 1.36 bits per heavy atom. The second-order valence-electron chi connectivity index (χ2n) is 8.05. The molecule has 0 fully saturated rings. The Labute approximate surface area is 154 Å². The number of quaternary nitrogens is 1. The van der Waals surface area contributed by atoms with Crippen LogP contribution in [-0.4, -0.2) is 49.5 Å². The zero-order chi connectivity index (χ0) is 19.3. The Morgan fingerprint density at radius 1 is 0.880 bits per heavy atom. The van der Waals surface area contributed by atoms with Gasteiger partial charge in [0.1, 0.15) is 5.97 Å². The molecule has 0 aliphatic rings. The van der Waals surface area contributed by atoms with E-state index < -0.39 is 11.5 Å². The van der Waals surface area contributed by atoms with Gasteiger partial charge in [-0.1, -0.05) is 58.3 Å². The summed E-state index contributed by atoms with van der Waals surface area (Å²) in [6, 6.07) is 0. The molecule has 5 heteroatoms. The quantitative estimate of drug-likeness (QED) is 0.261. The van der Waals surface area contributed by atoms with Crippen molar-refractivity contribution in [3.63, 3.8) is 0 Å². The van der Waals surface area contributed by atoms with E-state index in [-0.39, 0.29) is 16.7 Å². The maximum Gasteiger partial charge on any atom is 0.199 e. The van der Waals surface area contributed by atoms with Crippen LogP contribution in [0.3, 0.4) is 0 Å². The van der Waals surface area contributed by atoms with Gasteiger partial charge in [0.05, 0.1) is 21.1 Å². The SMILES string of the molecule is CCCCCCCCCCCC(=O)C(CCCN)(C(=O)[O-])[N+](C)(C)C. The zero-order valence-electron chi connectivity index (χ0n) is 16.9. The van der Waals surface area contributed by atoms with Gasteiger partial charge in [-0.25, -0.2) is 0 Å². The average Bonchev–Trinajstić information content (AvgIpc) is 2.52. The summed E-state index contributed by atoms with van der Waals surface area (Å²) < 4.78 is 0.0472. The van der Waals surface area contributed by atoms with Crippen molar-refractivity contribution in [3.8, 4) is 0 Å². The maximum atomic E-state index is 12.8. The van der Waals surface area contributed by atoms with Crippen molar-refractivity contribution < 1.29 is 19.2 Å². The van der Waals surface area contributed by atoms with E-state index >= 15 is 0 Å². The number of likely N-dealkylation sites (N-methyl/N-ethyl adjacent to an activating group) is 1. The van der Waals surface area contributed by atoms with Crippen LogP contribution in [0.4, 0.5) is 0 Å². The molecule has 0 saturated heterocycles. The molecule has 5 nitrogen and oxygen atoms in total. The first kappa shape index (κ1) is 24.1. The highest BCUT2D eigenvalue weighted by atomic mass is 16.4. The Hall–Kier alpha value is -0.940. The zero-order valence-corrected chi connectivity index (χ0v) is 16.9. The smallest absolute Gasteiger partial charge is 0.199 e. The number of hydrogen-bond donors (Lipinski definition) is 1. The van der Waals surface area contributed by atoms with Gasteiger partial charge in [0.2, 0.25) is 0 Å². The molecule has 0 radical (unpaired) electrons. The first-order valence-electron chi connectivity index (χ1n) is 10.0. The lowest BCUT2D eigenvalue weighted by Crippen LogP contribution is -2.70. The molecule has 25 heavy (non-hydrogen) atoms. The second kappa shape index (κ2) is 12.4. The molecular formula is C20H40N2O3. The molecule has 148 valence electrons. The Morgan fingerprint density at radius 3 is 1.76 bits per heavy atom. The third kappa shape index (κ3) is 7.87. The summed E-state index contributed by atoms with van der Waals surface area (Å²) in [6.07, 6.45) is 11.6. The lowest BCUT2D eigenvalue weighted by Gasteiger charge is -2.45. The second-order valence-corrected chi connectivity index (χ2v) is 8.05. The summed E-state index contributed by atoms with van der Waals surface area (Å²) in [5.41, 5.74) is 4.06. The largest absolute Gasteiger partial charge is 0.543 e. The van der Waals surface area contributed by atoms with E-state index in [0.29, 0.717) is 19.4 Å². The summed E-state index contributed by atoms with van der Waals surface area (Å²) in [5, 5.41) is 11.9. The van der Waals surface area contributed by atoms with Crippen molar-refractivity contribution >= 4 is 11.8 Å². The number of nitrogens with two attached hydrogens (primary N) is 1. The van der Waals surface area contributed by atoms with Crippen molar-refractivity contribution in [1.29, 1.82) is 0 Å². The molecule has 0 amide bonds. The van der Waals surface area contributed by atoms with Crippen LogP contribution in [-0.2, 0) is 9.59 Å². The van der Waals surface area contributed by atoms with E-state index in [1.54, 1.807) is 21.1 Å². The summed E-state index contributed by atoms with van der Waals surface area (Å²) >= 11 is 0. The lowest BCUT2D eigenvalue weighted by molar-refractivity contribution is -0.906. The number of hydrogen-bond acceptors (Lipinski definition) is 4. The van der Waals surface area contributed by atoms with Crippen molar-refractivity contribution in [1.82, 2.24) is 0 Å². The molecule has 0 aromatic rings. The highest BCUT2D eigenvalue weighted by molar-refractivity contribution is 6.05. The summed E-state index contributed by atoms with van der Waals surface area (Å²) in [4.78, 5) is 24.7. The Kier molecular flexibility index (Phi) is 12.0. The highest BCUT2D eigenvalue weighted by Gasteiger charge is 2.50. The van der Waals surface area contributed by atoms with Gasteiger partial charge in [0.15, 0.2) is 11.3 Å². The first-order chi connectivity index (χ1) is 11.7. The number of carboxylic acid groups (broad SMARTS) is 1. The van der Waals surface area contributed by atoms with Crippen molar-refractivity contribution in [2.45, 2.75) is 89.5 Å². The van der Waals surface area contributed by atoms with Crippen LogP contribution in [0.15, 0.2) is 0 Å². The lowest BCUT2D eigenvalue weighted by atomic mass is 9.83. The predicted molar refractivity (Wildman–Crippen MR) is 101 cm³/mol. The van der Waals surface area contributed by atoms with Crippen LogP contribution >= 0.6 is 0 Å². The average molecular weight is 357 g/mol. The Balaban J connectivity index is 4.43. The van der Waals surface area contributed by atoms with Gasteiger partial charge in [0.25, 0.3) is 0 Å². The van der Waals surface area contributed by atoms with Gasteiger partial charge in [-0.2, -0.15) is 0 Å². The number of Topliss-reactive ketones (excluding diaryl/α,β-unsaturated/α-hetero) is 1. The van der Waals surface area contributed by atoms with E-state index in [9.17, 15) is 14.7 Å². The van der Waals surface area contributed by atoms with Crippen LogP contribution in [0.5, 0.6) is 0 Å². The normalized spacial score (nSPS) is 14.3. The molecule has 0 aromatic heterocycles. The Bertz CT molecular complexity index is 391. The van der Waals surface area contributed by atoms with Crippen LogP contribution in [0.1, 0.15) is 84.0 Å². The van der Waals surface area contributed by atoms with Crippen molar-refractivity contribution in [3.05, 3.63) is 0 Å². The molecule has 1 unspecified atom stereocenters. The van der Waals surface area contributed by atoms with Crippen LogP contribution in [0.2, 0.25) is 0 Å². The number of aliphatic carboxylic acids is 1. The van der Waals surface area contributed by atoms with Gasteiger partial charge in [-0.15, -0.1) is 0 Å². The topological polar surface area (TPSA) is 83.2 Å². The number of unbranched alkanes of at least 4 members (excludes halogenated alkanes) is 8. The maximum absolute atomic E-state index is 12.8. The third-order valence-electron chi connectivity index (χ3n) is 5.19. The molecule has 1 atom stereocenters. The molecule has 0 rings (SSSR count). The van der Waals surface area contributed by atoms with Gasteiger partial charge < -0.3 is 20.1 Å². The molecule has 0 aromatic carbocycles. The molecular weight excluding hydrogens is 316 g/mol. The number of carbonyl (C=O) groups is 2. The molecule has 0 spiro atoms. The minimum Gasteiger partial charge on any atom is -0.543 e. The van der Waals surface area contributed by atoms with Gasteiger partial charge in [-0.3, -0.25) is 4.79 Å². The van der Waals surface area contributed by atoms with Crippen LogP contribution in [0, 0.1) is 0 Å². The van der Waals surface area contributed by atoms with E-state index in [2.05, 4.69) is 6.92 Å². The number of ketones is 1. The van der Waals surface area contributed by atoms with E-state index in [0.717, 1.165) is 19.3 Å². The monoisotopic (exact) mass is 356 g/mol. The summed E-state index contributed by atoms with van der Waals surface area (Å²) in [6.45, 7) is 2.59. The molecule has 0 heterocycles. The minimum atomic E-state index is -1.49. The summed E-state index contributed by atoms with van der Waals surface area (Å²) in [7, 11) is 5.25. The first-order valence-corrected chi connectivity index (χ1v) is 10.0. The summed E-state index contributed by atoms with van der Waals surface area (Å²) in [5.74, 6) is -1.48. The molecule has 0 bridgehead atoms. The number of carboxylic acids is 1. The van der Waals surface area contributed by atoms with Gasteiger partial charge in [0, 0.05) is 12.8 Å². The fourth-order valence-corrected chi connectivity index (χ4v) is 3.50. The van der Waals surface area contributed by atoms with E-state index in [4.69, 9.17) is 5.73 Å². The van der Waals surface area contributed by atoms with Crippen molar-refractivity contribution in [2.24, 2.45) is 5.73 Å². The fraction of sp³-hybridized carbons (Fsp3) is 0.900. The molecule has 2 N–H and O–H groups in total.